The van der Waals surface area contributed by atoms with Gasteiger partial charge in [-0.2, -0.15) is 0 Å². The quantitative estimate of drug-likeness (QED) is 0.479. The Bertz CT molecular complexity index is 870. The summed E-state index contributed by atoms with van der Waals surface area (Å²) < 4.78 is 0. The summed E-state index contributed by atoms with van der Waals surface area (Å²) in [4.78, 5) is 11.5. The number of hydrogen-bond acceptors (Lipinski definition) is 3. The summed E-state index contributed by atoms with van der Waals surface area (Å²) in [6.45, 7) is 0. The fraction of sp³-hybridized carbons (Fsp3) is 0.0870. The first-order chi connectivity index (χ1) is 12.7. The van der Waals surface area contributed by atoms with Gasteiger partial charge in [0, 0.05) is 5.69 Å². The smallest absolute Gasteiger partial charge is 0.142 e. The molecule has 0 aliphatic rings. The number of carbonyl (C=O) groups excluding carboxylic acids is 1. The summed E-state index contributed by atoms with van der Waals surface area (Å²) in [5.41, 5.74) is 4.10. The minimum absolute atomic E-state index is 0.224. The molecule has 0 spiro atoms. The van der Waals surface area contributed by atoms with Crippen LogP contribution in [-0.4, -0.2) is 17.4 Å². The Morgan fingerprint density at radius 1 is 0.846 bits per heavy atom. The van der Waals surface area contributed by atoms with Crippen molar-refractivity contribution in [2.45, 2.75) is 12.5 Å². The molecule has 3 rings (SSSR count). The topological polar surface area (TPSA) is 49.3 Å². The molecule has 2 N–H and O–H groups in total. The SMILES string of the molecule is O=C[C@@H](Cc1ccc(O)cc1)Nc1cccc(C=Cc2ccccc2)c1. The van der Waals surface area contributed by atoms with Crippen LogP contribution >= 0.6 is 0 Å². The van der Waals surface area contributed by atoms with Crippen molar-refractivity contribution in [2.75, 3.05) is 5.32 Å². The lowest BCUT2D eigenvalue weighted by molar-refractivity contribution is -0.108. The van der Waals surface area contributed by atoms with Gasteiger partial charge in [-0.15, -0.1) is 0 Å². The van der Waals surface area contributed by atoms with Crippen molar-refractivity contribution in [1.29, 1.82) is 0 Å². The van der Waals surface area contributed by atoms with E-state index in [4.69, 9.17) is 0 Å². The maximum absolute atomic E-state index is 11.5. The molecule has 0 bridgehead atoms. The summed E-state index contributed by atoms with van der Waals surface area (Å²) in [5, 5.41) is 12.6. The Hall–Kier alpha value is -3.33. The van der Waals surface area contributed by atoms with Crippen LogP contribution in [0.5, 0.6) is 5.75 Å². The van der Waals surface area contributed by atoms with Crippen LogP contribution in [0.1, 0.15) is 16.7 Å². The number of aromatic hydroxyl groups is 1. The van der Waals surface area contributed by atoms with Crippen LogP contribution in [0.2, 0.25) is 0 Å². The van der Waals surface area contributed by atoms with Gasteiger partial charge in [-0.1, -0.05) is 66.7 Å². The molecule has 3 aromatic carbocycles. The third-order valence-electron chi connectivity index (χ3n) is 4.06. The van der Waals surface area contributed by atoms with Crippen molar-refractivity contribution in [3.8, 4) is 5.75 Å². The van der Waals surface area contributed by atoms with Gasteiger partial charge in [0.25, 0.3) is 0 Å². The van der Waals surface area contributed by atoms with Crippen molar-refractivity contribution in [1.82, 2.24) is 0 Å². The zero-order valence-corrected chi connectivity index (χ0v) is 14.4. The molecular weight excluding hydrogens is 322 g/mol. The van der Waals surface area contributed by atoms with E-state index in [1.54, 1.807) is 12.1 Å². The lowest BCUT2D eigenvalue weighted by atomic mass is 10.1. The first kappa shape index (κ1) is 17.5. The highest BCUT2D eigenvalue weighted by molar-refractivity contribution is 5.72. The monoisotopic (exact) mass is 343 g/mol. The van der Waals surface area contributed by atoms with E-state index in [0.717, 1.165) is 28.7 Å². The molecule has 0 saturated heterocycles. The van der Waals surface area contributed by atoms with Gasteiger partial charge in [-0.3, -0.25) is 0 Å². The minimum atomic E-state index is -0.326. The molecular formula is C23H21NO2. The number of phenols is 1. The van der Waals surface area contributed by atoms with E-state index in [1.165, 1.54) is 0 Å². The highest BCUT2D eigenvalue weighted by Gasteiger charge is 2.08. The molecule has 1 atom stereocenters. The van der Waals surface area contributed by atoms with Crippen LogP contribution in [0.25, 0.3) is 12.2 Å². The number of nitrogens with one attached hydrogen (secondary N) is 1. The normalized spacial score (nSPS) is 12.0. The molecule has 3 nitrogen and oxygen atoms in total. The van der Waals surface area contributed by atoms with Gasteiger partial charge >= 0.3 is 0 Å². The Balaban J connectivity index is 1.67. The van der Waals surface area contributed by atoms with E-state index < -0.39 is 0 Å². The number of anilines is 1. The van der Waals surface area contributed by atoms with E-state index in [0.29, 0.717) is 6.42 Å². The molecule has 130 valence electrons. The Labute approximate surface area is 153 Å². The van der Waals surface area contributed by atoms with Crippen LogP contribution in [-0.2, 0) is 11.2 Å². The fourth-order valence-corrected chi connectivity index (χ4v) is 2.72. The van der Waals surface area contributed by atoms with Crippen LogP contribution in [0, 0.1) is 0 Å². The Morgan fingerprint density at radius 2 is 1.54 bits per heavy atom. The second-order valence-electron chi connectivity index (χ2n) is 6.13. The molecule has 0 heterocycles. The maximum Gasteiger partial charge on any atom is 0.142 e. The van der Waals surface area contributed by atoms with Gasteiger partial charge in [0.1, 0.15) is 12.0 Å². The third kappa shape index (κ3) is 5.08. The number of hydrogen-bond donors (Lipinski definition) is 2. The van der Waals surface area contributed by atoms with Crippen LogP contribution < -0.4 is 5.32 Å². The van der Waals surface area contributed by atoms with Crippen molar-refractivity contribution in [3.63, 3.8) is 0 Å². The molecule has 26 heavy (non-hydrogen) atoms. The molecule has 0 radical (unpaired) electrons. The lowest BCUT2D eigenvalue weighted by Crippen LogP contribution is -2.23. The van der Waals surface area contributed by atoms with E-state index in [-0.39, 0.29) is 11.8 Å². The van der Waals surface area contributed by atoms with E-state index in [9.17, 15) is 9.90 Å². The van der Waals surface area contributed by atoms with Gasteiger partial charge in [-0.05, 0) is 47.4 Å². The highest BCUT2D eigenvalue weighted by Crippen LogP contribution is 2.17. The number of phenolic OH excluding ortho intramolecular Hbond substituents is 1. The van der Waals surface area contributed by atoms with Crippen LogP contribution in [0.3, 0.4) is 0 Å². The van der Waals surface area contributed by atoms with E-state index >= 15 is 0 Å². The molecule has 0 unspecified atom stereocenters. The van der Waals surface area contributed by atoms with Gasteiger partial charge in [-0.25, -0.2) is 0 Å². The minimum Gasteiger partial charge on any atom is -0.508 e. The lowest BCUT2D eigenvalue weighted by Gasteiger charge is -2.14. The van der Waals surface area contributed by atoms with Crippen molar-refractivity contribution >= 4 is 24.1 Å². The maximum atomic E-state index is 11.5. The number of carbonyl (C=O) groups is 1. The highest BCUT2D eigenvalue weighted by atomic mass is 16.3. The van der Waals surface area contributed by atoms with Crippen molar-refractivity contribution in [3.05, 3.63) is 95.6 Å². The first-order valence-corrected chi connectivity index (χ1v) is 8.56. The zero-order valence-electron chi connectivity index (χ0n) is 14.4. The predicted octanol–water partition coefficient (Wildman–Crippen LogP) is 4.78. The summed E-state index contributed by atoms with van der Waals surface area (Å²) in [6, 6.07) is 24.7. The number of benzene rings is 3. The molecule has 3 heteroatoms. The van der Waals surface area contributed by atoms with Crippen LogP contribution in [0.15, 0.2) is 78.9 Å². The summed E-state index contributed by atoms with van der Waals surface area (Å²) in [5.74, 6) is 0.224. The van der Waals surface area contributed by atoms with Crippen LogP contribution in [0.4, 0.5) is 5.69 Å². The van der Waals surface area contributed by atoms with Crippen molar-refractivity contribution < 1.29 is 9.90 Å². The molecule has 0 amide bonds. The van der Waals surface area contributed by atoms with Gasteiger partial charge in [0.05, 0.1) is 6.04 Å². The molecule has 0 aromatic heterocycles. The number of aldehydes is 1. The average molecular weight is 343 g/mol. The summed E-state index contributed by atoms with van der Waals surface area (Å²) in [7, 11) is 0. The predicted molar refractivity (Wildman–Crippen MR) is 107 cm³/mol. The first-order valence-electron chi connectivity index (χ1n) is 8.56. The Kier molecular flexibility index (Phi) is 5.84. The molecule has 0 fully saturated rings. The van der Waals surface area contributed by atoms with Gasteiger partial charge < -0.3 is 15.2 Å². The molecule has 3 aromatic rings. The number of rotatable bonds is 7. The molecule has 0 aliphatic carbocycles. The average Bonchev–Trinajstić information content (AvgIpc) is 2.69. The second kappa shape index (κ2) is 8.67. The largest absolute Gasteiger partial charge is 0.508 e. The van der Waals surface area contributed by atoms with E-state index in [1.807, 2.05) is 54.6 Å². The van der Waals surface area contributed by atoms with E-state index in [2.05, 4.69) is 29.6 Å². The van der Waals surface area contributed by atoms with Gasteiger partial charge in [0.15, 0.2) is 0 Å². The summed E-state index contributed by atoms with van der Waals surface area (Å²) in [6.07, 6.45) is 5.59. The Morgan fingerprint density at radius 3 is 2.27 bits per heavy atom. The molecule has 0 aliphatic heterocycles. The van der Waals surface area contributed by atoms with Crippen molar-refractivity contribution in [2.24, 2.45) is 0 Å². The molecule has 0 saturated carbocycles. The third-order valence-corrected chi connectivity index (χ3v) is 4.06. The zero-order chi connectivity index (χ0) is 18.2. The van der Waals surface area contributed by atoms with Gasteiger partial charge in [0.2, 0.25) is 0 Å². The summed E-state index contributed by atoms with van der Waals surface area (Å²) >= 11 is 0. The fourth-order valence-electron chi connectivity index (χ4n) is 2.72. The second-order valence-corrected chi connectivity index (χ2v) is 6.13. The standard InChI is InChI=1S/C23H21NO2/c25-17-22(16-20-11-13-23(26)14-12-20)24-21-8-4-7-19(15-21)10-9-18-5-2-1-3-6-18/h1-15,17,22,24,26H,16H2/t22-/m1/s1.